The summed E-state index contributed by atoms with van der Waals surface area (Å²) in [4.78, 5) is 0. The maximum atomic E-state index is 9.39. The highest BCUT2D eigenvalue weighted by molar-refractivity contribution is 5.85. The summed E-state index contributed by atoms with van der Waals surface area (Å²) in [6.07, 6.45) is 0.692. The van der Waals surface area contributed by atoms with E-state index in [0.29, 0.717) is 13.0 Å². The highest BCUT2D eigenvalue weighted by Crippen LogP contribution is 2.23. The standard InChI is InChI=1S/C9H14N2O.ClH/c10-6-5-8(11)7-3-1-2-4-9(7)12;/h1-4,8,12H,5-6,10-11H2;1H/t8-;/m0./s1. The Bertz CT molecular complexity index is 255. The molecule has 4 heteroatoms. The molecule has 0 spiro atoms. The number of aromatic hydroxyl groups is 1. The first-order valence-corrected chi connectivity index (χ1v) is 3.99. The van der Waals surface area contributed by atoms with Crippen LogP contribution in [0.5, 0.6) is 5.75 Å². The van der Waals surface area contributed by atoms with Gasteiger partial charge >= 0.3 is 0 Å². The van der Waals surface area contributed by atoms with E-state index in [1.54, 1.807) is 12.1 Å². The highest BCUT2D eigenvalue weighted by Gasteiger charge is 2.07. The first-order valence-electron chi connectivity index (χ1n) is 3.99. The van der Waals surface area contributed by atoms with Crippen LogP contribution in [0.2, 0.25) is 0 Å². The molecule has 0 saturated carbocycles. The summed E-state index contributed by atoms with van der Waals surface area (Å²) >= 11 is 0. The van der Waals surface area contributed by atoms with Gasteiger partial charge in [-0.3, -0.25) is 0 Å². The molecule has 3 nitrogen and oxygen atoms in total. The lowest BCUT2D eigenvalue weighted by atomic mass is 10.0. The van der Waals surface area contributed by atoms with Crippen LogP contribution < -0.4 is 11.5 Å². The molecule has 0 saturated heterocycles. The maximum Gasteiger partial charge on any atom is 0.120 e. The topological polar surface area (TPSA) is 72.3 Å². The van der Waals surface area contributed by atoms with Crippen LogP contribution in [0, 0.1) is 0 Å². The number of benzene rings is 1. The third kappa shape index (κ3) is 3.22. The van der Waals surface area contributed by atoms with Crippen molar-refractivity contribution >= 4 is 12.4 Å². The minimum Gasteiger partial charge on any atom is -0.508 e. The predicted molar refractivity (Wildman–Crippen MR) is 56.0 cm³/mol. The molecule has 0 aliphatic rings. The molecule has 0 bridgehead atoms. The van der Waals surface area contributed by atoms with Gasteiger partial charge < -0.3 is 16.6 Å². The lowest BCUT2D eigenvalue weighted by molar-refractivity contribution is 0.459. The van der Waals surface area contributed by atoms with E-state index in [-0.39, 0.29) is 24.2 Å². The fourth-order valence-electron chi connectivity index (χ4n) is 1.14. The van der Waals surface area contributed by atoms with Crippen LogP contribution in [0.4, 0.5) is 0 Å². The zero-order valence-corrected chi connectivity index (χ0v) is 8.13. The molecule has 0 fully saturated rings. The summed E-state index contributed by atoms with van der Waals surface area (Å²) in [5, 5.41) is 9.39. The molecule has 1 aromatic rings. The fraction of sp³-hybridized carbons (Fsp3) is 0.333. The van der Waals surface area contributed by atoms with Crippen LogP contribution in [0.3, 0.4) is 0 Å². The van der Waals surface area contributed by atoms with Crippen LogP contribution in [0.25, 0.3) is 0 Å². The van der Waals surface area contributed by atoms with Crippen LogP contribution >= 0.6 is 12.4 Å². The molecule has 74 valence electrons. The first-order chi connectivity index (χ1) is 5.75. The van der Waals surface area contributed by atoms with Crippen LogP contribution in [-0.4, -0.2) is 11.7 Å². The molecule has 0 radical (unpaired) electrons. The smallest absolute Gasteiger partial charge is 0.120 e. The van der Waals surface area contributed by atoms with Crippen LogP contribution in [0.15, 0.2) is 24.3 Å². The zero-order chi connectivity index (χ0) is 8.97. The largest absolute Gasteiger partial charge is 0.508 e. The van der Waals surface area contributed by atoms with Crippen LogP contribution in [0.1, 0.15) is 18.0 Å². The Kier molecular flexibility index (Phi) is 5.46. The van der Waals surface area contributed by atoms with Gasteiger partial charge in [-0.15, -0.1) is 12.4 Å². The van der Waals surface area contributed by atoms with Gasteiger partial charge in [-0.05, 0) is 19.0 Å². The normalized spacial score (nSPS) is 11.8. The summed E-state index contributed by atoms with van der Waals surface area (Å²) in [5.41, 5.74) is 11.9. The summed E-state index contributed by atoms with van der Waals surface area (Å²) in [6.45, 7) is 0.537. The van der Waals surface area contributed by atoms with Gasteiger partial charge in [0.15, 0.2) is 0 Å². The third-order valence-corrected chi connectivity index (χ3v) is 1.81. The van der Waals surface area contributed by atoms with Crippen molar-refractivity contribution in [2.45, 2.75) is 12.5 Å². The molecule has 1 aromatic carbocycles. The van der Waals surface area contributed by atoms with Crippen molar-refractivity contribution in [3.8, 4) is 5.75 Å². The number of hydrogen-bond donors (Lipinski definition) is 3. The van der Waals surface area contributed by atoms with Crippen molar-refractivity contribution in [2.24, 2.45) is 11.5 Å². The Balaban J connectivity index is 0.00000144. The van der Waals surface area contributed by atoms with Gasteiger partial charge in [-0.1, -0.05) is 18.2 Å². The lowest BCUT2D eigenvalue weighted by Crippen LogP contribution is -2.15. The van der Waals surface area contributed by atoms with Gasteiger partial charge in [0.1, 0.15) is 5.75 Å². The number of phenolic OH excluding ortho intramolecular Hbond substituents is 1. The molecule has 0 aromatic heterocycles. The van der Waals surface area contributed by atoms with E-state index in [2.05, 4.69) is 0 Å². The minimum atomic E-state index is -0.156. The van der Waals surface area contributed by atoms with E-state index in [0.717, 1.165) is 5.56 Å². The lowest BCUT2D eigenvalue weighted by Gasteiger charge is -2.11. The number of para-hydroxylation sites is 1. The Labute approximate surface area is 84.2 Å². The summed E-state index contributed by atoms with van der Waals surface area (Å²) in [7, 11) is 0. The number of phenols is 1. The van der Waals surface area contributed by atoms with Gasteiger partial charge in [-0.2, -0.15) is 0 Å². The average Bonchev–Trinajstić information content (AvgIpc) is 2.05. The van der Waals surface area contributed by atoms with Crippen molar-refractivity contribution in [3.63, 3.8) is 0 Å². The minimum absolute atomic E-state index is 0. The Hall–Kier alpha value is -0.770. The quantitative estimate of drug-likeness (QED) is 0.689. The number of hydrogen-bond acceptors (Lipinski definition) is 3. The molecule has 1 atom stereocenters. The number of nitrogens with two attached hydrogens (primary N) is 2. The highest BCUT2D eigenvalue weighted by atomic mass is 35.5. The van der Waals surface area contributed by atoms with Crippen molar-refractivity contribution in [3.05, 3.63) is 29.8 Å². The molecule has 0 heterocycles. The predicted octanol–water partition coefficient (Wildman–Crippen LogP) is 1.16. The van der Waals surface area contributed by atoms with Crippen molar-refractivity contribution in [1.82, 2.24) is 0 Å². The van der Waals surface area contributed by atoms with E-state index in [1.165, 1.54) is 0 Å². The molecule has 13 heavy (non-hydrogen) atoms. The molecule has 0 aliphatic heterocycles. The SMILES string of the molecule is Cl.NCC[C@H](N)c1ccccc1O. The summed E-state index contributed by atoms with van der Waals surface area (Å²) in [6, 6.07) is 6.91. The van der Waals surface area contributed by atoms with Gasteiger partial charge in [0.2, 0.25) is 0 Å². The van der Waals surface area contributed by atoms with Gasteiger partial charge in [-0.25, -0.2) is 0 Å². The van der Waals surface area contributed by atoms with E-state index < -0.39 is 0 Å². The second kappa shape index (κ2) is 5.80. The monoisotopic (exact) mass is 202 g/mol. The summed E-state index contributed by atoms with van der Waals surface area (Å²) in [5.74, 6) is 0.249. The Morgan fingerprint density at radius 3 is 2.46 bits per heavy atom. The van der Waals surface area contributed by atoms with Gasteiger partial charge in [0.05, 0.1) is 0 Å². The molecule has 0 amide bonds. The van der Waals surface area contributed by atoms with Crippen molar-refractivity contribution < 1.29 is 5.11 Å². The average molecular weight is 203 g/mol. The molecule has 0 aliphatic carbocycles. The second-order valence-electron chi connectivity index (χ2n) is 2.74. The Morgan fingerprint density at radius 1 is 1.31 bits per heavy atom. The third-order valence-electron chi connectivity index (χ3n) is 1.81. The van der Waals surface area contributed by atoms with Crippen molar-refractivity contribution in [1.29, 1.82) is 0 Å². The molecule has 1 rings (SSSR count). The van der Waals surface area contributed by atoms with Crippen LogP contribution in [-0.2, 0) is 0 Å². The Morgan fingerprint density at radius 2 is 1.92 bits per heavy atom. The van der Waals surface area contributed by atoms with Crippen molar-refractivity contribution in [2.75, 3.05) is 6.54 Å². The maximum absolute atomic E-state index is 9.39. The van der Waals surface area contributed by atoms with E-state index in [4.69, 9.17) is 11.5 Å². The summed E-state index contributed by atoms with van der Waals surface area (Å²) < 4.78 is 0. The molecule has 5 N–H and O–H groups in total. The number of halogens is 1. The fourth-order valence-corrected chi connectivity index (χ4v) is 1.14. The molecular formula is C9H15ClN2O. The first kappa shape index (κ1) is 12.2. The van der Waals surface area contributed by atoms with E-state index in [9.17, 15) is 5.11 Å². The number of rotatable bonds is 3. The van der Waals surface area contributed by atoms with E-state index in [1.807, 2.05) is 12.1 Å². The molecule has 0 unspecified atom stereocenters. The second-order valence-corrected chi connectivity index (χ2v) is 2.74. The van der Waals surface area contributed by atoms with Gasteiger partial charge in [0.25, 0.3) is 0 Å². The molecular weight excluding hydrogens is 188 g/mol. The van der Waals surface area contributed by atoms with Gasteiger partial charge in [0, 0.05) is 11.6 Å². The van der Waals surface area contributed by atoms with E-state index >= 15 is 0 Å². The zero-order valence-electron chi connectivity index (χ0n) is 7.31.